The molecular weight excluding hydrogens is 324 g/mol. The molecule has 3 atom stereocenters. The Kier molecular flexibility index (Phi) is 6.12. The lowest BCUT2D eigenvalue weighted by Gasteiger charge is -2.37. The van der Waals surface area contributed by atoms with Gasteiger partial charge in [-0.05, 0) is 55.8 Å². The van der Waals surface area contributed by atoms with Gasteiger partial charge in [-0.1, -0.05) is 42.8 Å². The van der Waals surface area contributed by atoms with Crippen LogP contribution in [0.5, 0.6) is 0 Å². The molecule has 1 aliphatic rings. The number of benzene rings is 1. The number of nitrogens with zero attached hydrogens (tertiary/aromatic N) is 1. The summed E-state index contributed by atoms with van der Waals surface area (Å²) in [5.74, 6) is 1.58. The number of hydrogen-bond acceptors (Lipinski definition) is 2. The zero-order valence-electron chi connectivity index (χ0n) is 13.8. The number of halogens is 1. The molecule has 2 nitrogen and oxygen atoms in total. The molecule has 0 amide bonds. The molecule has 0 saturated carbocycles. The molecule has 1 N–H and O–H groups in total. The van der Waals surface area contributed by atoms with Crippen molar-refractivity contribution < 1.29 is 0 Å². The molecule has 0 spiro atoms. The van der Waals surface area contributed by atoms with Crippen LogP contribution >= 0.6 is 15.9 Å². The van der Waals surface area contributed by atoms with E-state index in [1.807, 2.05) is 0 Å². The summed E-state index contributed by atoms with van der Waals surface area (Å²) >= 11 is 3.77. The Bertz CT molecular complexity index is 451. The summed E-state index contributed by atoms with van der Waals surface area (Å²) in [5, 5.41) is 3.56. The highest BCUT2D eigenvalue weighted by atomic mass is 79.9. The molecule has 1 fully saturated rings. The zero-order chi connectivity index (χ0) is 15.4. The summed E-state index contributed by atoms with van der Waals surface area (Å²) in [7, 11) is 0. The molecule has 3 heteroatoms. The zero-order valence-corrected chi connectivity index (χ0v) is 15.4. The van der Waals surface area contributed by atoms with Crippen molar-refractivity contribution in [2.24, 2.45) is 11.8 Å². The average Bonchev–Trinajstić information content (AvgIpc) is 2.43. The van der Waals surface area contributed by atoms with Gasteiger partial charge in [0.1, 0.15) is 0 Å². The molecule has 0 bridgehead atoms. The minimum atomic E-state index is 0.396. The maximum atomic E-state index is 3.77. The third kappa shape index (κ3) is 4.46. The van der Waals surface area contributed by atoms with E-state index in [2.05, 4.69) is 72.0 Å². The van der Waals surface area contributed by atoms with Crippen LogP contribution in [0.15, 0.2) is 22.7 Å². The van der Waals surface area contributed by atoms with Crippen molar-refractivity contribution in [1.29, 1.82) is 0 Å². The van der Waals surface area contributed by atoms with Gasteiger partial charge in [-0.25, -0.2) is 0 Å². The van der Waals surface area contributed by atoms with Crippen LogP contribution in [-0.4, -0.2) is 19.6 Å². The first-order valence-electron chi connectivity index (χ1n) is 8.29. The molecule has 1 heterocycles. The van der Waals surface area contributed by atoms with Gasteiger partial charge in [0.2, 0.25) is 0 Å². The minimum absolute atomic E-state index is 0.396. The van der Waals surface area contributed by atoms with Gasteiger partial charge >= 0.3 is 0 Å². The first-order valence-corrected chi connectivity index (χ1v) is 9.08. The third-order valence-electron chi connectivity index (χ3n) is 4.39. The fourth-order valence-electron chi connectivity index (χ4n) is 3.41. The standard InChI is InChI=1S/C18H29BrN2/c1-5-8-20-15(4)17-7-6-16(10-18(17)19)21-11-13(2)9-14(3)12-21/h6-7,10,13-15,20H,5,8-9,11-12H2,1-4H3. The van der Waals surface area contributed by atoms with Crippen molar-refractivity contribution in [3.8, 4) is 0 Å². The molecule has 1 aromatic carbocycles. The maximum Gasteiger partial charge on any atom is 0.0377 e. The Balaban J connectivity index is 2.11. The van der Waals surface area contributed by atoms with Crippen LogP contribution in [0.2, 0.25) is 0 Å². The lowest BCUT2D eigenvalue weighted by Crippen LogP contribution is -2.38. The highest BCUT2D eigenvalue weighted by molar-refractivity contribution is 9.10. The van der Waals surface area contributed by atoms with Crippen LogP contribution < -0.4 is 10.2 Å². The Morgan fingerprint density at radius 1 is 1.29 bits per heavy atom. The van der Waals surface area contributed by atoms with E-state index in [0.717, 1.165) is 18.4 Å². The van der Waals surface area contributed by atoms with Gasteiger partial charge in [0.15, 0.2) is 0 Å². The molecule has 0 aliphatic carbocycles. The van der Waals surface area contributed by atoms with Crippen LogP contribution in [0, 0.1) is 11.8 Å². The smallest absolute Gasteiger partial charge is 0.0377 e. The second-order valence-corrected chi connectivity index (χ2v) is 7.59. The predicted molar refractivity (Wildman–Crippen MR) is 96.0 cm³/mol. The second-order valence-electron chi connectivity index (χ2n) is 6.73. The minimum Gasteiger partial charge on any atom is -0.371 e. The van der Waals surface area contributed by atoms with E-state index in [1.165, 1.54) is 41.7 Å². The average molecular weight is 353 g/mol. The largest absolute Gasteiger partial charge is 0.371 e. The summed E-state index contributed by atoms with van der Waals surface area (Å²) < 4.78 is 1.22. The Morgan fingerprint density at radius 3 is 2.52 bits per heavy atom. The van der Waals surface area contributed by atoms with Gasteiger partial charge in [0.05, 0.1) is 0 Å². The normalized spacial score (nSPS) is 24.1. The van der Waals surface area contributed by atoms with Crippen LogP contribution in [0.4, 0.5) is 5.69 Å². The summed E-state index contributed by atoms with van der Waals surface area (Å²) in [6.07, 6.45) is 2.53. The van der Waals surface area contributed by atoms with Crippen molar-refractivity contribution in [1.82, 2.24) is 5.32 Å². The molecule has 0 aromatic heterocycles. The van der Waals surface area contributed by atoms with E-state index < -0.39 is 0 Å². The summed E-state index contributed by atoms with van der Waals surface area (Å²) in [6.45, 7) is 12.6. The van der Waals surface area contributed by atoms with Crippen LogP contribution in [0.25, 0.3) is 0 Å². The van der Waals surface area contributed by atoms with E-state index >= 15 is 0 Å². The van der Waals surface area contributed by atoms with E-state index in [1.54, 1.807) is 0 Å². The van der Waals surface area contributed by atoms with Crippen molar-refractivity contribution in [2.45, 2.75) is 46.6 Å². The highest BCUT2D eigenvalue weighted by Gasteiger charge is 2.22. The fraction of sp³-hybridized carbons (Fsp3) is 0.667. The molecule has 0 radical (unpaired) electrons. The van der Waals surface area contributed by atoms with Gasteiger partial charge in [0.25, 0.3) is 0 Å². The molecule has 1 aromatic rings. The van der Waals surface area contributed by atoms with Gasteiger partial charge < -0.3 is 10.2 Å². The maximum absolute atomic E-state index is 3.77. The molecule has 2 rings (SSSR count). The van der Waals surface area contributed by atoms with Crippen LogP contribution in [0.3, 0.4) is 0 Å². The monoisotopic (exact) mass is 352 g/mol. The lowest BCUT2D eigenvalue weighted by molar-refractivity contribution is 0.357. The lowest BCUT2D eigenvalue weighted by atomic mass is 9.91. The number of nitrogens with one attached hydrogen (secondary N) is 1. The van der Waals surface area contributed by atoms with Crippen LogP contribution in [-0.2, 0) is 0 Å². The quantitative estimate of drug-likeness (QED) is 0.802. The Hall–Kier alpha value is -0.540. The summed E-state index contributed by atoms with van der Waals surface area (Å²) in [5.41, 5.74) is 2.71. The number of hydrogen-bond donors (Lipinski definition) is 1. The first kappa shape index (κ1) is 16.8. The molecule has 1 aliphatic heterocycles. The van der Waals surface area contributed by atoms with Gasteiger partial charge in [-0.2, -0.15) is 0 Å². The molecule has 1 saturated heterocycles. The van der Waals surface area contributed by atoms with Gasteiger partial charge in [-0.15, -0.1) is 0 Å². The van der Waals surface area contributed by atoms with E-state index in [0.29, 0.717) is 6.04 Å². The molecule has 21 heavy (non-hydrogen) atoms. The highest BCUT2D eigenvalue weighted by Crippen LogP contribution is 2.31. The molecule has 3 unspecified atom stereocenters. The van der Waals surface area contributed by atoms with Crippen molar-refractivity contribution >= 4 is 21.6 Å². The topological polar surface area (TPSA) is 15.3 Å². The van der Waals surface area contributed by atoms with Gasteiger partial charge in [-0.3, -0.25) is 0 Å². The van der Waals surface area contributed by atoms with Crippen molar-refractivity contribution in [3.05, 3.63) is 28.2 Å². The van der Waals surface area contributed by atoms with Crippen LogP contribution in [0.1, 0.15) is 52.1 Å². The second kappa shape index (κ2) is 7.64. The number of rotatable bonds is 5. The van der Waals surface area contributed by atoms with Gasteiger partial charge in [0, 0.05) is 29.3 Å². The Labute approximate surface area is 138 Å². The Morgan fingerprint density at radius 2 is 1.95 bits per heavy atom. The van der Waals surface area contributed by atoms with Crippen molar-refractivity contribution in [2.75, 3.05) is 24.5 Å². The number of piperidine rings is 1. The SMILES string of the molecule is CCCNC(C)c1ccc(N2CC(C)CC(C)C2)cc1Br. The van der Waals surface area contributed by atoms with E-state index in [-0.39, 0.29) is 0 Å². The van der Waals surface area contributed by atoms with E-state index in [9.17, 15) is 0 Å². The fourth-order valence-corrected chi connectivity index (χ4v) is 4.12. The summed E-state index contributed by atoms with van der Waals surface area (Å²) in [6, 6.07) is 7.25. The molecule has 118 valence electrons. The first-order chi connectivity index (χ1) is 10.0. The number of anilines is 1. The predicted octanol–water partition coefficient (Wildman–Crippen LogP) is 4.99. The van der Waals surface area contributed by atoms with Crippen molar-refractivity contribution in [3.63, 3.8) is 0 Å². The third-order valence-corrected chi connectivity index (χ3v) is 5.07. The molecular formula is C18H29BrN2. The van der Waals surface area contributed by atoms with E-state index in [4.69, 9.17) is 0 Å². The summed E-state index contributed by atoms with van der Waals surface area (Å²) in [4.78, 5) is 2.54.